The van der Waals surface area contributed by atoms with Crippen LogP contribution in [0.1, 0.15) is 42.5 Å². The lowest BCUT2D eigenvalue weighted by atomic mass is 9.87. The van der Waals surface area contributed by atoms with Crippen molar-refractivity contribution >= 4 is 5.91 Å². The first kappa shape index (κ1) is 18.7. The van der Waals surface area contributed by atoms with Crippen molar-refractivity contribution in [2.24, 2.45) is 7.05 Å². The Morgan fingerprint density at radius 1 is 1.07 bits per heavy atom. The summed E-state index contributed by atoms with van der Waals surface area (Å²) in [6.45, 7) is 7.12. The molecule has 0 aliphatic heterocycles. The average Bonchev–Trinajstić information content (AvgIpc) is 3.26. The monoisotopic (exact) mass is 367 g/mol. The summed E-state index contributed by atoms with van der Waals surface area (Å²) in [5.41, 5.74) is 2.50. The molecule has 0 aliphatic carbocycles. The molecule has 2 aromatic heterocycles. The molecule has 0 aliphatic rings. The van der Waals surface area contributed by atoms with Crippen LogP contribution in [-0.4, -0.2) is 25.5 Å². The average molecular weight is 367 g/mol. The third-order valence-electron chi connectivity index (χ3n) is 4.16. The van der Waals surface area contributed by atoms with Gasteiger partial charge in [-0.05, 0) is 35.2 Å². The second-order valence-corrected chi connectivity index (χ2v) is 7.45. The van der Waals surface area contributed by atoms with Crippen LogP contribution in [0.3, 0.4) is 0 Å². The fourth-order valence-corrected chi connectivity index (χ4v) is 2.57. The van der Waals surface area contributed by atoms with Crippen molar-refractivity contribution in [1.82, 2.24) is 24.9 Å². The normalized spacial score (nSPS) is 11.4. The van der Waals surface area contributed by atoms with Gasteiger partial charge in [0.15, 0.2) is 6.73 Å². The summed E-state index contributed by atoms with van der Waals surface area (Å²) in [6.07, 6.45) is 3.56. The van der Waals surface area contributed by atoms with Crippen LogP contribution < -0.4 is 10.1 Å². The number of amides is 1. The maximum Gasteiger partial charge on any atom is 0.272 e. The molecule has 1 N–H and O–H groups in total. The number of ether oxygens (including phenoxy) is 1. The molecule has 0 fully saturated rings. The molecule has 27 heavy (non-hydrogen) atoms. The number of aromatic nitrogens is 4. The van der Waals surface area contributed by atoms with Crippen molar-refractivity contribution in [3.63, 3.8) is 0 Å². The molecule has 1 amide bonds. The van der Waals surface area contributed by atoms with Crippen molar-refractivity contribution in [2.75, 3.05) is 0 Å². The van der Waals surface area contributed by atoms with E-state index >= 15 is 0 Å². The lowest BCUT2D eigenvalue weighted by Gasteiger charge is -2.19. The minimum Gasteiger partial charge on any atom is -0.471 e. The molecular weight excluding hydrogens is 342 g/mol. The third-order valence-corrected chi connectivity index (χ3v) is 4.16. The van der Waals surface area contributed by atoms with Crippen molar-refractivity contribution in [1.29, 1.82) is 0 Å². The van der Waals surface area contributed by atoms with E-state index in [-0.39, 0.29) is 18.1 Å². The Bertz CT molecular complexity index is 903. The Kier molecular flexibility index (Phi) is 5.30. The molecule has 0 saturated carbocycles. The van der Waals surface area contributed by atoms with Crippen molar-refractivity contribution in [2.45, 2.75) is 39.5 Å². The first-order valence-corrected chi connectivity index (χ1v) is 8.85. The standard InChI is InChI=1S/C20H25N5O2/c1-20(2,3)15-5-7-17(8-6-15)27-14-25-12-10-18(23-25)19(26)21-13-16-9-11-24(4)22-16/h5-12H,13-14H2,1-4H3,(H,21,26). The number of nitrogens with zero attached hydrogens (tertiary/aromatic N) is 4. The fraction of sp³-hybridized carbons (Fsp3) is 0.350. The number of hydrogen-bond acceptors (Lipinski definition) is 4. The largest absolute Gasteiger partial charge is 0.471 e. The van der Waals surface area contributed by atoms with Gasteiger partial charge in [-0.25, -0.2) is 4.68 Å². The van der Waals surface area contributed by atoms with Crippen LogP contribution in [-0.2, 0) is 25.7 Å². The highest BCUT2D eigenvalue weighted by molar-refractivity contribution is 5.92. The van der Waals surface area contributed by atoms with Gasteiger partial charge in [-0.3, -0.25) is 9.48 Å². The van der Waals surface area contributed by atoms with Gasteiger partial charge in [0, 0.05) is 19.4 Å². The quantitative estimate of drug-likeness (QED) is 0.727. The number of benzene rings is 1. The predicted molar refractivity (Wildman–Crippen MR) is 102 cm³/mol. The van der Waals surface area contributed by atoms with Crippen molar-refractivity contribution in [3.8, 4) is 5.75 Å². The zero-order valence-corrected chi connectivity index (χ0v) is 16.1. The molecule has 7 nitrogen and oxygen atoms in total. The van der Waals surface area contributed by atoms with Crippen LogP contribution in [0.4, 0.5) is 0 Å². The van der Waals surface area contributed by atoms with Crippen LogP contribution in [0, 0.1) is 0 Å². The highest BCUT2D eigenvalue weighted by atomic mass is 16.5. The van der Waals surface area contributed by atoms with Crippen molar-refractivity contribution in [3.05, 3.63) is 65.7 Å². The summed E-state index contributed by atoms with van der Waals surface area (Å²) in [5.74, 6) is 0.522. The van der Waals surface area contributed by atoms with Crippen LogP contribution in [0.2, 0.25) is 0 Å². The Hall–Kier alpha value is -3.09. The summed E-state index contributed by atoms with van der Waals surface area (Å²) in [7, 11) is 1.84. The first-order chi connectivity index (χ1) is 12.8. The summed E-state index contributed by atoms with van der Waals surface area (Å²) in [4.78, 5) is 12.2. The third kappa shape index (κ3) is 4.97. The molecule has 0 spiro atoms. The Morgan fingerprint density at radius 3 is 2.44 bits per heavy atom. The van der Waals surface area contributed by atoms with Crippen LogP contribution >= 0.6 is 0 Å². The molecule has 7 heteroatoms. The fourth-order valence-electron chi connectivity index (χ4n) is 2.57. The molecule has 3 aromatic rings. The van der Waals surface area contributed by atoms with Gasteiger partial charge < -0.3 is 10.1 Å². The van der Waals surface area contributed by atoms with Crippen LogP contribution in [0.25, 0.3) is 0 Å². The lowest BCUT2D eigenvalue weighted by Crippen LogP contribution is -2.24. The lowest BCUT2D eigenvalue weighted by molar-refractivity contribution is 0.0943. The Labute approximate surface area is 159 Å². The van der Waals surface area contributed by atoms with E-state index in [1.807, 2.05) is 31.4 Å². The Morgan fingerprint density at radius 2 is 1.81 bits per heavy atom. The Balaban J connectivity index is 1.52. The molecule has 142 valence electrons. The van der Waals surface area contributed by atoms with E-state index in [2.05, 4.69) is 48.4 Å². The molecule has 0 atom stereocenters. The maximum absolute atomic E-state index is 12.2. The van der Waals surface area contributed by atoms with Gasteiger partial charge in [-0.2, -0.15) is 10.2 Å². The van der Waals surface area contributed by atoms with E-state index in [0.717, 1.165) is 11.4 Å². The maximum atomic E-state index is 12.2. The summed E-state index contributed by atoms with van der Waals surface area (Å²) in [6, 6.07) is 11.6. The van der Waals surface area contributed by atoms with Crippen LogP contribution in [0.15, 0.2) is 48.8 Å². The molecule has 0 bridgehead atoms. The van der Waals surface area contributed by atoms with E-state index < -0.39 is 0 Å². The van der Waals surface area contributed by atoms with E-state index in [9.17, 15) is 4.79 Å². The highest BCUT2D eigenvalue weighted by Gasteiger charge is 2.13. The molecule has 0 radical (unpaired) electrons. The minimum absolute atomic E-state index is 0.109. The van der Waals surface area contributed by atoms with Crippen LogP contribution in [0.5, 0.6) is 5.75 Å². The number of carbonyl (C=O) groups excluding carboxylic acids is 1. The van der Waals surface area contributed by atoms with Gasteiger partial charge in [0.25, 0.3) is 5.91 Å². The zero-order chi connectivity index (χ0) is 19.4. The topological polar surface area (TPSA) is 74.0 Å². The minimum atomic E-state index is -0.242. The number of aryl methyl sites for hydroxylation is 1. The van der Waals surface area contributed by atoms with E-state index in [1.165, 1.54) is 5.56 Å². The number of hydrogen-bond donors (Lipinski definition) is 1. The van der Waals surface area contributed by atoms with Gasteiger partial charge in [0.1, 0.15) is 11.4 Å². The van der Waals surface area contributed by atoms with Gasteiger partial charge in [0.05, 0.1) is 12.2 Å². The predicted octanol–water partition coefficient (Wildman–Crippen LogP) is 2.88. The summed E-state index contributed by atoms with van der Waals surface area (Å²) >= 11 is 0. The van der Waals surface area contributed by atoms with Gasteiger partial charge in [0.2, 0.25) is 0 Å². The van der Waals surface area contributed by atoms with Gasteiger partial charge in [-0.15, -0.1) is 0 Å². The smallest absolute Gasteiger partial charge is 0.272 e. The molecular formula is C20H25N5O2. The number of carbonyl (C=O) groups is 1. The zero-order valence-electron chi connectivity index (χ0n) is 16.1. The molecule has 2 heterocycles. The molecule has 1 aromatic carbocycles. The second kappa shape index (κ2) is 7.65. The number of rotatable bonds is 6. The summed E-state index contributed by atoms with van der Waals surface area (Å²) < 4.78 is 9.03. The SMILES string of the molecule is Cn1ccc(CNC(=O)c2ccn(COc3ccc(C(C)(C)C)cc3)n2)n1. The van der Waals surface area contributed by atoms with Crippen molar-refractivity contribution < 1.29 is 9.53 Å². The molecule has 0 unspecified atom stereocenters. The first-order valence-electron chi connectivity index (χ1n) is 8.85. The van der Waals surface area contributed by atoms with Gasteiger partial charge >= 0.3 is 0 Å². The van der Waals surface area contributed by atoms with E-state index in [0.29, 0.717) is 12.2 Å². The van der Waals surface area contributed by atoms with Gasteiger partial charge in [-0.1, -0.05) is 32.9 Å². The van der Waals surface area contributed by atoms with E-state index in [1.54, 1.807) is 21.6 Å². The second-order valence-electron chi connectivity index (χ2n) is 7.45. The molecule has 3 rings (SSSR count). The molecule has 0 saturated heterocycles. The summed E-state index contributed by atoms with van der Waals surface area (Å²) in [5, 5.41) is 11.3. The van der Waals surface area contributed by atoms with E-state index in [4.69, 9.17) is 4.74 Å². The number of nitrogens with one attached hydrogen (secondary N) is 1. The highest BCUT2D eigenvalue weighted by Crippen LogP contribution is 2.24.